The summed E-state index contributed by atoms with van der Waals surface area (Å²) in [6.45, 7) is 0. The Hall–Kier alpha value is 1.15. The van der Waals surface area contributed by atoms with Crippen LogP contribution in [0.15, 0.2) is 0 Å². The summed E-state index contributed by atoms with van der Waals surface area (Å²) >= 11 is 0. The quantitative estimate of drug-likeness (QED) is 0.263. The fraction of sp³-hybridized carbons (Fsp3) is 0. The molecule has 0 radical (unpaired) electrons. The number of rotatable bonds is 0. The Morgan fingerprint density at radius 1 is 0.889 bits per heavy atom. The van der Waals surface area contributed by atoms with Crippen LogP contribution >= 0.6 is 17.2 Å². The van der Waals surface area contributed by atoms with Crippen LogP contribution in [-0.4, -0.2) is 32.0 Å². The van der Waals surface area contributed by atoms with E-state index in [1.807, 2.05) is 0 Å². The topological polar surface area (TPSA) is 130 Å². The Bertz CT molecular complexity index is 26.5. The number of hydrogen-bond donors (Lipinski definition) is 3. The molecule has 52 valence electrons. The molecule has 0 saturated carbocycles. The average molecular weight is 188 g/mol. The maximum atomic E-state index is 8.70. The summed E-state index contributed by atoms with van der Waals surface area (Å²) in [5.74, 6) is 0. The molecule has 0 fully saturated rings. The zero-order chi connectivity index (χ0) is 7.15. The van der Waals surface area contributed by atoms with E-state index >= 15 is 0 Å². The molecule has 0 aromatic carbocycles. The van der Waals surface area contributed by atoms with Crippen molar-refractivity contribution in [2.45, 2.75) is 0 Å². The Kier molecular flexibility index (Phi) is 22.0. The van der Waals surface area contributed by atoms with E-state index in [0.717, 1.165) is 0 Å². The average Bonchev–Trinajstić information content (AvgIpc) is 1.25. The molecule has 0 atom stereocenters. The van der Waals surface area contributed by atoms with Crippen molar-refractivity contribution in [3.8, 4) is 0 Å². The minimum absolute atomic E-state index is 0. The molecule has 0 aliphatic heterocycles. The van der Waals surface area contributed by atoms with Gasteiger partial charge in [-0.05, 0) is 0 Å². The summed E-state index contributed by atoms with van der Waals surface area (Å²) in [7, 11) is -5.99. The zero-order valence-electron chi connectivity index (χ0n) is 4.04. The fourth-order valence-electron chi connectivity index (χ4n) is 0. The molecule has 0 heterocycles. The van der Waals surface area contributed by atoms with E-state index in [1.165, 1.54) is 0 Å². The third kappa shape index (κ3) is 353. The molecule has 0 unspecified atom stereocenters. The molecule has 3 N–H and O–H groups in total. The van der Waals surface area contributed by atoms with Gasteiger partial charge in [0, 0.05) is 0 Å². The van der Waals surface area contributed by atoms with Gasteiger partial charge in [-0.3, -0.25) is 0 Å². The van der Waals surface area contributed by atoms with E-state index in [1.54, 1.807) is 0 Å². The second-order valence-corrected chi connectivity index (χ2v) is 1.47. The van der Waals surface area contributed by atoms with Crippen LogP contribution in [0.25, 0.3) is 0 Å². The third-order valence-corrected chi connectivity index (χ3v) is 0. The van der Waals surface area contributed by atoms with Crippen LogP contribution < -0.4 is 14.7 Å². The zero-order valence-corrected chi connectivity index (χ0v) is 6.98. The SMILES string of the molecule is [Al+3].[O-]P(O)O.[O-]P([O-])O. The van der Waals surface area contributed by atoms with Crippen molar-refractivity contribution in [3.63, 3.8) is 0 Å². The van der Waals surface area contributed by atoms with Gasteiger partial charge < -0.3 is 29.4 Å². The maximum absolute atomic E-state index is 8.70. The molecule has 0 bridgehead atoms. The molecule has 0 aliphatic carbocycles. The van der Waals surface area contributed by atoms with E-state index in [9.17, 15) is 0 Å². The summed E-state index contributed by atoms with van der Waals surface area (Å²) in [5.41, 5.74) is 0. The van der Waals surface area contributed by atoms with Gasteiger partial charge in [0.2, 0.25) is 0 Å². The van der Waals surface area contributed by atoms with Crippen LogP contribution in [0.1, 0.15) is 0 Å². The van der Waals surface area contributed by atoms with Crippen molar-refractivity contribution in [1.82, 2.24) is 0 Å². The van der Waals surface area contributed by atoms with Crippen molar-refractivity contribution in [1.29, 1.82) is 0 Å². The fourth-order valence-corrected chi connectivity index (χ4v) is 0. The van der Waals surface area contributed by atoms with Gasteiger partial charge in [-0.15, -0.1) is 0 Å². The van der Waals surface area contributed by atoms with E-state index in [0.29, 0.717) is 0 Å². The minimum Gasteiger partial charge on any atom is -0.820 e. The molecule has 0 rings (SSSR count). The van der Waals surface area contributed by atoms with Gasteiger partial charge in [-0.25, -0.2) is 0 Å². The maximum Gasteiger partial charge on any atom is 3.00 e. The molecule has 6 nitrogen and oxygen atoms in total. The van der Waals surface area contributed by atoms with Gasteiger partial charge in [0.1, 0.15) is 0 Å². The van der Waals surface area contributed by atoms with Crippen LogP contribution in [0.2, 0.25) is 0 Å². The second-order valence-electron chi connectivity index (χ2n) is 0.491. The summed E-state index contributed by atoms with van der Waals surface area (Å²) < 4.78 is 0. The molecule has 9 heteroatoms. The molecule has 0 aromatic heterocycles. The first-order chi connectivity index (χ1) is 3.46. The largest absolute Gasteiger partial charge is 3.00 e. The van der Waals surface area contributed by atoms with Gasteiger partial charge >= 0.3 is 17.4 Å². The molecule has 0 amide bonds. The molecule has 0 spiro atoms. The normalized spacial score (nSPS) is 8.00. The van der Waals surface area contributed by atoms with Gasteiger partial charge in [-0.2, -0.15) is 8.60 Å². The van der Waals surface area contributed by atoms with E-state index < -0.39 is 17.2 Å². The summed E-state index contributed by atoms with van der Waals surface area (Å²) in [6.07, 6.45) is 0. The van der Waals surface area contributed by atoms with E-state index in [4.69, 9.17) is 29.4 Å². The van der Waals surface area contributed by atoms with Crippen LogP contribution in [0.4, 0.5) is 0 Å². The van der Waals surface area contributed by atoms with Crippen LogP contribution in [0.3, 0.4) is 0 Å². The van der Waals surface area contributed by atoms with Gasteiger partial charge in [0.15, 0.2) is 0 Å². The van der Waals surface area contributed by atoms with Crippen LogP contribution in [0, 0.1) is 0 Å². The van der Waals surface area contributed by atoms with Crippen molar-refractivity contribution in [2.75, 3.05) is 0 Å². The molecular weight excluding hydrogens is 185 g/mol. The van der Waals surface area contributed by atoms with Crippen LogP contribution in [0.5, 0.6) is 0 Å². The molecule has 0 aliphatic rings. The van der Waals surface area contributed by atoms with E-state index in [2.05, 4.69) is 0 Å². The summed E-state index contributed by atoms with van der Waals surface area (Å²) in [6, 6.07) is 0. The Labute approximate surface area is 64.5 Å². The summed E-state index contributed by atoms with van der Waals surface area (Å²) in [5, 5.41) is 0. The smallest absolute Gasteiger partial charge is 0.820 e. The first kappa shape index (κ1) is 16.6. The second kappa shape index (κ2) is 11.9. The predicted molar refractivity (Wildman–Crippen MR) is 26.3 cm³/mol. The number of hydrogen-bond acceptors (Lipinski definition) is 6. The first-order valence-electron chi connectivity index (χ1n) is 1.15. The van der Waals surface area contributed by atoms with E-state index in [-0.39, 0.29) is 17.4 Å². The Morgan fingerprint density at radius 2 is 0.889 bits per heavy atom. The third-order valence-electron chi connectivity index (χ3n) is 0. The first-order valence-corrected chi connectivity index (χ1v) is 3.44. The Morgan fingerprint density at radius 3 is 0.889 bits per heavy atom. The summed E-state index contributed by atoms with van der Waals surface area (Å²) in [4.78, 5) is 47.1. The molecular formula is H3AlO6P2. The van der Waals surface area contributed by atoms with Crippen LogP contribution in [-0.2, 0) is 0 Å². The standard InChI is InChI=1S/Al.H2O3P.HO3P/c;2*1-4(2)3/h;1-2H;1H/q+3;-1;-2. The van der Waals surface area contributed by atoms with Gasteiger partial charge in [-0.1, -0.05) is 0 Å². The molecule has 0 saturated heterocycles. The minimum atomic E-state index is -3.12. The molecule has 9 heavy (non-hydrogen) atoms. The van der Waals surface area contributed by atoms with Crippen molar-refractivity contribution >= 4 is 34.6 Å². The monoisotopic (exact) mass is 188 g/mol. The van der Waals surface area contributed by atoms with Gasteiger partial charge in [0.25, 0.3) is 0 Å². The van der Waals surface area contributed by atoms with Crippen molar-refractivity contribution in [2.24, 2.45) is 0 Å². The Balaban J connectivity index is -0.0000000720. The van der Waals surface area contributed by atoms with Crippen molar-refractivity contribution < 1.29 is 29.4 Å². The van der Waals surface area contributed by atoms with Gasteiger partial charge in [0.05, 0.1) is 8.60 Å². The van der Waals surface area contributed by atoms with Crippen molar-refractivity contribution in [3.05, 3.63) is 0 Å². The molecule has 0 aromatic rings. The predicted octanol–water partition coefficient (Wildman–Crippen LogP) is -3.90.